The molecule has 1 aliphatic heterocycles. The Bertz CT molecular complexity index is 382. The van der Waals surface area contributed by atoms with Gasteiger partial charge in [0, 0.05) is 13.1 Å². The van der Waals surface area contributed by atoms with Crippen LogP contribution >= 0.6 is 0 Å². The summed E-state index contributed by atoms with van der Waals surface area (Å²) >= 11 is 0. The second kappa shape index (κ2) is 7.12. The molecule has 3 amide bonds. The molecule has 0 aromatic heterocycles. The molecule has 0 atom stereocenters. The molecule has 0 unspecified atom stereocenters. The summed E-state index contributed by atoms with van der Waals surface area (Å²) in [5.41, 5.74) is 0.244. The van der Waals surface area contributed by atoms with Gasteiger partial charge in [-0.3, -0.25) is 9.59 Å². The lowest BCUT2D eigenvalue weighted by Gasteiger charge is -2.23. The highest BCUT2D eigenvalue weighted by Gasteiger charge is 2.25. The van der Waals surface area contributed by atoms with Crippen LogP contribution in [0.2, 0.25) is 0 Å². The molecule has 0 bridgehead atoms. The summed E-state index contributed by atoms with van der Waals surface area (Å²) in [5, 5.41) is 13.1. The Hall–Kier alpha value is -1.79. The van der Waals surface area contributed by atoms with E-state index in [0.29, 0.717) is 13.1 Å². The summed E-state index contributed by atoms with van der Waals surface area (Å²) in [6, 6.07) is -0.270. The largest absolute Gasteiger partial charge is 0.480 e. The zero-order valence-corrected chi connectivity index (χ0v) is 12.1. The number of nitrogens with zero attached hydrogens (tertiary/aromatic N) is 1. The molecule has 3 N–H and O–H groups in total. The third-order valence-corrected chi connectivity index (χ3v) is 3.46. The Kier molecular flexibility index (Phi) is 5.79. The fourth-order valence-corrected chi connectivity index (χ4v) is 2.13. The van der Waals surface area contributed by atoms with Gasteiger partial charge in [0.1, 0.15) is 6.54 Å². The van der Waals surface area contributed by atoms with Crippen molar-refractivity contribution in [2.24, 2.45) is 5.41 Å². The number of carbonyl (C=O) groups is 3. The van der Waals surface area contributed by atoms with Crippen molar-refractivity contribution in [3.05, 3.63) is 0 Å². The van der Waals surface area contributed by atoms with Crippen LogP contribution in [0.25, 0.3) is 0 Å². The Labute approximate surface area is 118 Å². The Morgan fingerprint density at radius 2 is 1.80 bits per heavy atom. The lowest BCUT2D eigenvalue weighted by Crippen LogP contribution is -2.45. The van der Waals surface area contributed by atoms with Gasteiger partial charge in [0.2, 0.25) is 5.91 Å². The van der Waals surface area contributed by atoms with Crippen molar-refractivity contribution in [3.63, 3.8) is 0 Å². The average Bonchev–Trinajstić information content (AvgIpc) is 2.54. The van der Waals surface area contributed by atoms with Crippen molar-refractivity contribution < 1.29 is 19.5 Å². The van der Waals surface area contributed by atoms with Crippen molar-refractivity contribution in [1.29, 1.82) is 0 Å². The molecular weight excluding hydrogens is 262 g/mol. The SMILES string of the molecule is CC1(C)CCCN(C(=O)NCC(=O)NCC(=O)O)CC1. The number of carbonyl (C=O) groups excluding carboxylic acids is 2. The van der Waals surface area contributed by atoms with E-state index in [0.717, 1.165) is 19.3 Å². The van der Waals surface area contributed by atoms with Gasteiger partial charge in [-0.1, -0.05) is 13.8 Å². The molecule has 0 aliphatic carbocycles. The van der Waals surface area contributed by atoms with Gasteiger partial charge < -0.3 is 20.6 Å². The van der Waals surface area contributed by atoms with E-state index >= 15 is 0 Å². The van der Waals surface area contributed by atoms with Crippen molar-refractivity contribution in [2.45, 2.75) is 33.1 Å². The van der Waals surface area contributed by atoms with E-state index in [1.165, 1.54) is 0 Å². The van der Waals surface area contributed by atoms with Crippen LogP contribution in [0.1, 0.15) is 33.1 Å². The molecule has 1 aliphatic rings. The number of amides is 3. The third kappa shape index (κ3) is 5.90. The first-order valence-corrected chi connectivity index (χ1v) is 6.81. The Morgan fingerprint density at radius 3 is 2.45 bits per heavy atom. The molecule has 0 aromatic rings. The molecule has 1 fully saturated rings. The maximum Gasteiger partial charge on any atom is 0.322 e. The predicted octanol–water partition coefficient (Wildman–Crippen LogP) is 0.409. The summed E-state index contributed by atoms with van der Waals surface area (Å²) in [6.07, 6.45) is 2.97. The van der Waals surface area contributed by atoms with Gasteiger partial charge in [-0.25, -0.2) is 4.79 Å². The second-order valence-corrected chi connectivity index (χ2v) is 5.83. The van der Waals surface area contributed by atoms with Crippen LogP contribution in [0.5, 0.6) is 0 Å². The zero-order valence-electron chi connectivity index (χ0n) is 12.1. The van der Waals surface area contributed by atoms with Gasteiger partial charge in [-0.15, -0.1) is 0 Å². The van der Waals surface area contributed by atoms with Crippen molar-refractivity contribution >= 4 is 17.9 Å². The van der Waals surface area contributed by atoms with Crippen LogP contribution in [-0.2, 0) is 9.59 Å². The fraction of sp³-hybridized carbons (Fsp3) is 0.769. The summed E-state index contributed by atoms with van der Waals surface area (Å²) < 4.78 is 0. The lowest BCUT2D eigenvalue weighted by atomic mass is 9.85. The number of hydrogen-bond donors (Lipinski definition) is 3. The van der Waals surface area contributed by atoms with Gasteiger partial charge in [0.25, 0.3) is 0 Å². The fourth-order valence-electron chi connectivity index (χ4n) is 2.13. The van der Waals surface area contributed by atoms with Crippen molar-refractivity contribution in [2.75, 3.05) is 26.2 Å². The number of carboxylic acid groups (broad SMARTS) is 1. The quantitative estimate of drug-likeness (QED) is 0.696. The smallest absolute Gasteiger partial charge is 0.322 e. The molecule has 7 nitrogen and oxygen atoms in total. The number of urea groups is 1. The van der Waals surface area contributed by atoms with Crippen LogP contribution in [-0.4, -0.2) is 54.1 Å². The molecule has 114 valence electrons. The number of hydrogen-bond acceptors (Lipinski definition) is 3. The normalized spacial score (nSPS) is 18.0. The van der Waals surface area contributed by atoms with Gasteiger partial charge in [-0.05, 0) is 24.7 Å². The molecule has 0 saturated carbocycles. The van der Waals surface area contributed by atoms with Crippen LogP contribution in [0, 0.1) is 5.41 Å². The van der Waals surface area contributed by atoms with E-state index in [1.54, 1.807) is 4.90 Å². The first kappa shape index (κ1) is 16.3. The molecule has 1 rings (SSSR count). The first-order valence-electron chi connectivity index (χ1n) is 6.81. The van der Waals surface area contributed by atoms with E-state index in [9.17, 15) is 14.4 Å². The molecule has 7 heteroatoms. The van der Waals surface area contributed by atoms with Gasteiger partial charge in [0.15, 0.2) is 0 Å². The van der Waals surface area contributed by atoms with Gasteiger partial charge >= 0.3 is 12.0 Å². The van der Waals surface area contributed by atoms with E-state index in [2.05, 4.69) is 24.5 Å². The highest BCUT2D eigenvalue weighted by molar-refractivity contribution is 5.86. The van der Waals surface area contributed by atoms with Crippen LogP contribution in [0.3, 0.4) is 0 Å². The number of carboxylic acids is 1. The molecule has 0 spiro atoms. The minimum absolute atomic E-state index is 0.202. The Morgan fingerprint density at radius 1 is 1.10 bits per heavy atom. The zero-order chi connectivity index (χ0) is 15.2. The minimum Gasteiger partial charge on any atom is -0.480 e. The predicted molar refractivity (Wildman–Crippen MR) is 73.2 cm³/mol. The van der Waals surface area contributed by atoms with E-state index in [-0.39, 0.29) is 18.0 Å². The summed E-state index contributed by atoms with van der Waals surface area (Å²) in [6.45, 7) is 5.10. The average molecular weight is 285 g/mol. The summed E-state index contributed by atoms with van der Waals surface area (Å²) in [7, 11) is 0. The van der Waals surface area contributed by atoms with Gasteiger partial charge in [0.05, 0.1) is 6.54 Å². The number of aliphatic carboxylic acids is 1. The third-order valence-electron chi connectivity index (χ3n) is 3.46. The lowest BCUT2D eigenvalue weighted by molar-refractivity contribution is -0.137. The molecule has 0 radical (unpaired) electrons. The summed E-state index contributed by atoms with van der Waals surface area (Å²) in [5.74, 6) is -1.62. The minimum atomic E-state index is -1.11. The summed E-state index contributed by atoms with van der Waals surface area (Å²) in [4.78, 5) is 35.2. The maximum atomic E-state index is 11.9. The molecule has 20 heavy (non-hydrogen) atoms. The Balaban J connectivity index is 2.32. The number of nitrogens with one attached hydrogen (secondary N) is 2. The highest BCUT2D eigenvalue weighted by atomic mass is 16.4. The standard InChI is InChI=1S/C13H23N3O4/c1-13(2)4-3-6-16(7-5-13)12(20)15-8-10(17)14-9-11(18)19/h3-9H2,1-2H3,(H,14,17)(H,15,20)(H,18,19). The molecule has 0 aromatic carbocycles. The van der Waals surface area contributed by atoms with Crippen LogP contribution in [0.15, 0.2) is 0 Å². The van der Waals surface area contributed by atoms with E-state index < -0.39 is 18.4 Å². The van der Waals surface area contributed by atoms with Crippen molar-refractivity contribution in [3.8, 4) is 0 Å². The second-order valence-electron chi connectivity index (χ2n) is 5.83. The topological polar surface area (TPSA) is 98.7 Å². The number of likely N-dealkylation sites (tertiary alicyclic amines) is 1. The first-order chi connectivity index (χ1) is 9.30. The van der Waals surface area contributed by atoms with Gasteiger partial charge in [-0.2, -0.15) is 0 Å². The van der Waals surface area contributed by atoms with E-state index in [1.807, 2.05) is 0 Å². The van der Waals surface area contributed by atoms with Crippen LogP contribution < -0.4 is 10.6 Å². The number of rotatable bonds is 4. The van der Waals surface area contributed by atoms with Crippen LogP contribution in [0.4, 0.5) is 4.79 Å². The van der Waals surface area contributed by atoms with Crippen molar-refractivity contribution in [1.82, 2.24) is 15.5 Å². The van der Waals surface area contributed by atoms with E-state index in [4.69, 9.17) is 5.11 Å². The molecule has 1 heterocycles. The monoisotopic (exact) mass is 285 g/mol. The highest BCUT2D eigenvalue weighted by Crippen LogP contribution is 2.29. The maximum absolute atomic E-state index is 11.9. The molecular formula is C13H23N3O4. The molecule has 1 saturated heterocycles.